The summed E-state index contributed by atoms with van der Waals surface area (Å²) in [6, 6.07) is -2.31. The van der Waals surface area contributed by atoms with E-state index in [4.69, 9.17) is 17.0 Å². The van der Waals surface area contributed by atoms with E-state index in [2.05, 4.69) is 41.6 Å². The Kier molecular flexibility index (Phi) is 9.84. The van der Waals surface area contributed by atoms with E-state index in [9.17, 15) is 29.4 Å². The van der Waals surface area contributed by atoms with E-state index in [1.54, 1.807) is 13.8 Å². The van der Waals surface area contributed by atoms with Gasteiger partial charge in [0.2, 0.25) is 11.8 Å². The summed E-state index contributed by atoms with van der Waals surface area (Å²) in [5.74, 6) is 0.706. The average Bonchev–Trinajstić information content (AvgIpc) is 3.24. The number of aliphatic carboxylic acids is 1. The number of fused-ring (bicyclic) bond motifs is 5. The van der Waals surface area contributed by atoms with Gasteiger partial charge < -0.3 is 31.4 Å². The van der Waals surface area contributed by atoms with Crippen LogP contribution < -0.4 is 16.4 Å². The van der Waals surface area contributed by atoms with Crippen molar-refractivity contribution in [2.45, 2.75) is 110 Å². The van der Waals surface area contributed by atoms with Gasteiger partial charge in [0, 0.05) is 11.8 Å². The molecule has 0 saturated heterocycles. The van der Waals surface area contributed by atoms with Crippen molar-refractivity contribution < 1.29 is 34.2 Å². The van der Waals surface area contributed by atoms with Crippen LogP contribution in [0.5, 0.6) is 0 Å². The van der Waals surface area contributed by atoms with Gasteiger partial charge in [0.05, 0.1) is 5.71 Å². The summed E-state index contributed by atoms with van der Waals surface area (Å²) in [6.45, 7) is 7.61. The highest BCUT2D eigenvalue weighted by Crippen LogP contribution is 2.67. The standard InChI is InChI=1S/C33H48N4O7/c1-6-33(43)16-13-24-22-8-7-20-17-21(11-14-31(20,4)23(22)12-15-32(24,33)5)37-44-18-27(39)36-28(19(2)3)29(40)35-25(30(41)42)9-10-26(34)38/h1,17,19,22-25,28,43H,7-16,18H2,2-5H3,(H2,34,38)(H,35,40)(H,36,39)(H,41,42)/t22?,23?,24?,25?,28?,31-,32-,33+/m0/s1. The van der Waals surface area contributed by atoms with Crippen LogP contribution in [0.4, 0.5) is 0 Å². The third-order valence-electron chi connectivity index (χ3n) is 11.3. The van der Waals surface area contributed by atoms with Gasteiger partial charge >= 0.3 is 5.97 Å². The monoisotopic (exact) mass is 612 g/mol. The van der Waals surface area contributed by atoms with Gasteiger partial charge in [-0.3, -0.25) is 14.4 Å². The highest BCUT2D eigenvalue weighted by molar-refractivity contribution is 5.96. The first-order valence-corrected chi connectivity index (χ1v) is 15.9. The Morgan fingerprint density at radius 1 is 1.11 bits per heavy atom. The van der Waals surface area contributed by atoms with Crippen molar-refractivity contribution >= 4 is 29.4 Å². The summed E-state index contributed by atoms with van der Waals surface area (Å²) in [5.41, 5.74) is 6.07. The van der Waals surface area contributed by atoms with Gasteiger partial charge in [-0.1, -0.05) is 44.3 Å². The van der Waals surface area contributed by atoms with Gasteiger partial charge in [-0.15, -0.1) is 6.42 Å². The maximum atomic E-state index is 12.8. The zero-order valence-corrected chi connectivity index (χ0v) is 26.4. The molecule has 0 heterocycles. The van der Waals surface area contributed by atoms with Crippen LogP contribution in [0.15, 0.2) is 16.8 Å². The number of carbonyl (C=O) groups is 4. The predicted molar refractivity (Wildman–Crippen MR) is 164 cm³/mol. The van der Waals surface area contributed by atoms with Crippen LogP contribution in [0.1, 0.15) is 91.9 Å². The van der Waals surface area contributed by atoms with Gasteiger partial charge in [0.1, 0.15) is 17.7 Å². The number of hydrogen-bond acceptors (Lipinski definition) is 7. The molecule has 0 radical (unpaired) electrons. The molecular formula is C33H48N4O7. The second kappa shape index (κ2) is 12.9. The number of oxime groups is 1. The molecule has 0 bridgehead atoms. The van der Waals surface area contributed by atoms with E-state index in [-0.39, 0.29) is 29.6 Å². The summed E-state index contributed by atoms with van der Waals surface area (Å²) >= 11 is 0. The van der Waals surface area contributed by atoms with E-state index < -0.39 is 48.0 Å². The number of carboxylic acid groups (broad SMARTS) is 1. The Bertz CT molecular complexity index is 1270. The Morgan fingerprint density at radius 3 is 2.45 bits per heavy atom. The third-order valence-corrected chi connectivity index (χ3v) is 11.3. The predicted octanol–water partition coefficient (Wildman–Crippen LogP) is 2.66. The molecule has 0 aromatic carbocycles. The van der Waals surface area contributed by atoms with Crippen molar-refractivity contribution in [1.82, 2.24) is 10.6 Å². The molecule has 6 N–H and O–H groups in total. The molecule has 4 aliphatic rings. The second-order valence-electron chi connectivity index (χ2n) is 14.1. The van der Waals surface area contributed by atoms with Gasteiger partial charge in [-0.05, 0) is 93.0 Å². The van der Waals surface area contributed by atoms with Crippen LogP contribution in [0.25, 0.3) is 0 Å². The first-order chi connectivity index (χ1) is 20.6. The van der Waals surface area contributed by atoms with Gasteiger partial charge in [0.15, 0.2) is 6.61 Å². The van der Waals surface area contributed by atoms with E-state index >= 15 is 0 Å². The smallest absolute Gasteiger partial charge is 0.326 e. The Balaban J connectivity index is 1.34. The molecule has 0 aromatic heterocycles. The van der Waals surface area contributed by atoms with Crippen molar-refractivity contribution in [3.63, 3.8) is 0 Å². The number of aliphatic hydroxyl groups is 1. The summed E-state index contributed by atoms with van der Waals surface area (Å²) < 4.78 is 0. The molecule has 11 nitrogen and oxygen atoms in total. The summed E-state index contributed by atoms with van der Waals surface area (Å²) in [6.07, 6.45) is 14.9. The number of amides is 3. The van der Waals surface area contributed by atoms with Crippen molar-refractivity contribution in [2.75, 3.05) is 6.61 Å². The molecule has 0 aromatic rings. The Labute approximate surface area is 259 Å². The molecule has 44 heavy (non-hydrogen) atoms. The Hall–Kier alpha value is -3.39. The number of nitrogens with one attached hydrogen (secondary N) is 2. The van der Waals surface area contributed by atoms with Crippen LogP contribution in [0.3, 0.4) is 0 Å². The molecule has 8 atom stereocenters. The number of rotatable bonds is 11. The van der Waals surface area contributed by atoms with Crippen LogP contribution in [-0.2, 0) is 24.0 Å². The minimum absolute atomic E-state index is 0.0561. The van der Waals surface area contributed by atoms with Gasteiger partial charge in [-0.2, -0.15) is 0 Å². The van der Waals surface area contributed by atoms with E-state index in [0.717, 1.165) is 50.7 Å². The van der Waals surface area contributed by atoms with Crippen molar-refractivity contribution in [3.8, 4) is 12.3 Å². The van der Waals surface area contributed by atoms with Crippen LogP contribution in [-0.4, -0.2) is 63.9 Å². The molecule has 11 heteroatoms. The van der Waals surface area contributed by atoms with Crippen LogP contribution in [0.2, 0.25) is 0 Å². The maximum absolute atomic E-state index is 12.8. The summed E-state index contributed by atoms with van der Waals surface area (Å²) in [7, 11) is 0. The van der Waals surface area contributed by atoms with Crippen LogP contribution in [0, 0.1) is 46.8 Å². The highest BCUT2D eigenvalue weighted by atomic mass is 16.6. The molecule has 4 aliphatic carbocycles. The molecule has 3 fully saturated rings. The molecule has 3 amide bonds. The lowest BCUT2D eigenvalue weighted by molar-refractivity contribution is -0.143. The molecule has 0 aliphatic heterocycles. The molecule has 4 rings (SSSR count). The number of nitrogens with zero attached hydrogens (tertiary/aromatic N) is 1. The first kappa shape index (κ1) is 33.5. The summed E-state index contributed by atoms with van der Waals surface area (Å²) in [5, 5.41) is 29.9. The fraction of sp³-hybridized carbons (Fsp3) is 0.727. The number of nitrogens with two attached hydrogens (primary N) is 1. The minimum atomic E-state index is -1.31. The quantitative estimate of drug-likeness (QED) is 0.176. The number of terminal acetylenes is 1. The number of carboxylic acids is 1. The lowest BCUT2D eigenvalue weighted by Gasteiger charge is -2.58. The fourth-order valence-electron chi connectivity index (χ4n) is 8.63. The largest absolute Gasteiger partial charge is 0.480 e. The SMILES string of the molecule is C#C[C@@]1(O)CCC2C3CCC4=CC(=NOCC(=O)NC(C(=O)NC(CCC(N)=O)C(=O)O)C(C)C)CC[C@]4(C)C3CC[C@@]21C. The Morgan fingerprint density at radius 2 is 1.82 bits per heavy atom. The van der Waals surface area contributed by atoms with Crippen molar-refractivity contribution in [2.24, 2.45) is 45.4 Å². The van der Waals surface area contributed by atoms with E-state index in [1.165, 1.54) is 5.57 Å². The maximum Gasteiger partial charge on any atom is 0.326 e. The van der Waals surface area contributed by atoms with Gasteiger partial charge in [0.25, 0.3) is 5.91 Å². The fourth-order valence-corrected chi connectivity index (χ4v) is 8.63. The topological polar surface area (TPSA) is 180 Å². The van der Waals surface area contributed by atoms with Crippen molar-refractivity contribution in [3.05, 3.63) is 11.6 Å². The minimum Gasteiger partial charge on any atom is -0.480 e. The molecule has 0 spiro atoms. The van der Waals surface area contributed by atoms with Crippen LogP contribution >= 0.6 is 0 Å². The molecule has 242 valence electrons. The lowest BCUT2D eigenvalue weighted by Crippen LogP contribution is -2.54. The summed E-state index contributed by atoms with van der Waals surface area (Å²) in [4.78, 5) is 53.4. The number of hydrogen-bond donors (Lipinski definition) is 5. The molecule has 3 saturated carbocycles. The second-order valence-corrected chi connectivity index (χ2v) is 14.1. The first-order valence-electron chi connectivity index (χ1n) is 15.9. The number of allylic oxidation sites excluding steroid dienone is 2. The molecule has 5 unspecified atom stereocenters. The third kappa shape index (κ3) is 6.37. The number of primary amides is 1. The lowest BCUT2D eigenvalue weighted by atomic mass is 9.46. The number of carbonyl (C=O) groups excluding carboxylic acids is 3. The zero-order valence-electron chi connectivity index (χ0n) is 26.4. The van der Waals surface area contributed by atoms with E-state index in [1.807, 2.05) is 0 Å². The molecular weight excluding hydrogens is 564 g/mol. The van der Waals surface area contributed by atoms with Crippen molar-refractivity contribution in [1.29, 1.82) is 0 Å². The zero-order chi connectivity index (χ0) is 32.4. The normalized spacial score (nSPS) is 34.8. The van der Waals surface area contributed by atoms with E-state index in [0.29, 0.717) is 24.2 Å². The van der Waals surface area contributed by atoms with Gasteiger partial charge in [-0.25, -0.2) is 4.79 Å². The average molecular weight is 613 g/mol. The highest BCUT2D eigenvalue weighted by Gasteiger charge is 2.63.